The second kappa shape index (κ2) is 7.54. The maximum Gasteiger partial charge on any atom is 0.298 e. The number of amides is 2. The molecule has 7 heteroatoms. The topological polar surface area (TPSA) is 42.3 Å². The molecule has 0 unspecified atom stereocenters. The van der Waals surface area contributed by atoms with Gasteiger partial charge < -0.3 is 4.57 Å². The van der Waals surface area contributed by atoms with Gasteiger partial charge in [0.05, 0.1) is 16.3 Å². The fourth-order valence-corrected chi connectivity index (χ4v) is 4.40. The number of rotatable bonds is 3. The van der Waals surface area contributed by atoms with E-state index >= 15 is 0 Å². The van der Waals surface area contributed by atoms with Crippen LogP contribution in [0.3, 0.4) is 0 Å². The number of anilines is 1. The molecule has 0 N–H and O–H groups in total. The number of carbonyl (C=O) groups excluding carboxylic acids is 2. The first-order valence-corrected chi connectivity index (χ1v) is 10.0. The zero-order valence-electron chi connectivity index (χ0n) is 15.6. The van der Waals surface area contributed by atoms with Crippen molar-refractivity contribution < 1.29 is 14.0 Å². The van der Waals surface area contributed by atoms with Crippen LogP contribution in [0.4, 0.5) is 14.9 Å². The third kappa shape index (κ3) is 3.50. The Kier molecular flexibility index (Phi) is 5.06. The van der Waals surface area contributed by atoms with Gasteiger partial charge >= 0.3 is 0 Å². The number of aryl methyl sites for hydroxylation is 1. The molecule has 0 spiro atoms. The lowest BCUT2D eigenvalue weighted by Gasteiger charge is -2.12. The number of benzene rings is 2. The first-order valence-electron chi connectivity index (χ1n) is 8.84. The Hall–Kier alpha value is -2.83. The molecule has 29 heavy (non-hydrogen) atoms. The summed E-state index contributed by atoms with van der Waals surface area (Å²) in [5, 5.41) is 0.0605. The highest BCUT2D eigenvalue weighted by atomic mass is 35.5. The zero-order valence-corrected chi connectivity index (χ0v) is 17.2. The Labute approximate surface area is 176 Å². The molecule has 1 fully saturated rings. The Morgan fingerprint density at radius 1 is 1.03 bits per heavy atom. The second-order valence-electron chi connectivity index (χ2n) is 6.61. The van der Waals surface area contributed by atoms with Gasteiger partial charge in [-0.1, -0.05) is 29.8 Å². The predicted molar refractivity (Wildman–Crippen MR) is 115 cm³/mol. The number of para-hydroxylation sites is 1. The molecule has 3 aromatic rings. The van der Waals surface area contributed by atoms with Crippen LogP contribution in [-0.4, -0.2) is 15.7 Å². The molecule has 2 heterocycles. The quantitative estimate of drug-likeness (QED) is 0.473. The van der Waals surface area contributed by atoms with E-state index in [1.807, 2.05) is 19.9 Å². The van der Waals surface area contributed by atoms with E-state index in [0.29, 0.717) is 21.3 Å². The fourth-order valence-electron chi connectivity index (χ4n) is 3.38. The highest BCUT2D eigenvalue weighted by Crippen LogP contribution is 2.37. The van der Waals surface area contributed by atoms with Crippen LogP contribution in [0, 0.1) is 19.7 Å². The summed E-state index contributed by atoms with van der Waals surface area (Å²) < 4.78 is 16.1. The Morgan fingerprint density at radius 3 is 2.52 bits per heavy atom. The molecule has 0 bridgehead atoms. The highest BCUT2D eigenvalue weighted by molar-refractivity contribution is 8.19. The summed E-state index contributed by atoms with van der Waals surface area (Å²) >= 11 is 6.86. The average Bonchev–Trinajstić information content (AvgIpc) is 3.11. The normalized spacial score (nSPS) is 15.6. The fraction of sp³-hybridized carbons (Fsp3) is 0.0909. The molecule has 0 saturated carbocycles. The molecule has 146 valence electrons. The molecular formula is C22H16ClFN2O2S. The molecule has 0 aliphatic carbocycles. The van der Waals surface area contributed by atoms with Crippen molar-refractivity contribution >= 4 is 46.3 Å². The highest BCUT2D eigenvalue weighted by Gasteiger charge is 2.36. The number of carbonyl (C=O) groups is 2. The van der Waals surface area contributed by atoms with Gasteiger partial charge in [0.15, 0.2) is 0 Å². The molecule has 1 aliphatic heterocycles. The summed E-state index contributed by atoms with van der Waals surface area (Å²) in [5.74, 6) is -0.736. The molecule has 1 aliphatic rings. The van der Waals surface area contributed by atoms with Gasteiger partial charge in [-0.3, -0.25) is 9.59 Å². The van der Waals surface area contributed by atoms with E-state index in [1.54, 1.807) is 53.1 Å². The third-order valence-electron chi connectivity index (χ3n) is 4.71. The summed E-state index contributed by atoms with van der Waals surface area (Å²) in [5.41, 5.74) is 3.23. The van der Waals surface area contributed by atoms with Crippen LogP contribution in [0.25, 0.3) is 11.8 Å². The van der Waals surface area contributed by atoms with Crippen molar-refractivity contribution in [2.75, 3.05) is 4.90 Å². The van der Waals surface area contributed by atoms with Gasteiger partial charge in [-0.05, 0) is 73.6 Å². The minimum Gasteiger partial charge on any atom is -0.315 e. The average molecular weight is 427 g/mol. The van der Waals surface area contributed by atoms with E-state index < -0.39 is 5.91 Å². The molecule has 2 aromatic carbocycles. The van der Waals surface area contributed by atoms with Crippen molar-refractivity contribution in [2.45, 2.75) is 13.8 Å². The molecule has 1 saturated heterocycles. The summed E-state index contributed by atoms with van der Waals surface area (Å²) in [6.45, 7) is 3.72. The van der Waals surface area contributed by atoms with Gasteiger partial charge in [0.1, 0.15) is 5.82 Å². The molecule has 0 atom stereocenters. The van der Waals surface area contributed by atoms with E-state index in [-0.39, 0.29) is 11.1 Å². The van der Waals surface area contributed by atoms with Crippen LogP contribution >= 0.6 is 23.4 Å². The smallest absolute Gasteiger partial charge is 0.298 e. The van der Waals surface area contributed by atoms with Gasteiger partial charge in [0, 0.05) is 16.4 Å². The number of nitrogens with zero attached hydrogens (tertiary/aromatic N) is 2. The lowest BCUT2D eigenvalue weighted by molar-refractivity contribution is -0.113. The van der Waals surface area contributed by atoms with Crippen molar-refractivity contribution in [2.24, 2.45) is 0 Å². The zero-order chi connectivity index (χ0) is 20.7. The van der Waals surface area contributed by atoms with E-state index in [1.165, 1.54) is 6.07 Å². The lowest BCUT2D eigenvalue weighted by atomic mass is 10.2. The molecular weight excluding hydrogens is 411 g/mol. The number of halogens is 2. The minimum atomic E-state index is -0.405. The van der Waals surface area contributed by atoms with Crippen LogP contribution in [0.5, 0.6) is 0 Å². The van der Waals surface area contributed by atoms with Crippen LogP contribution in [0.1, 0.15) is 17.0 Å². The van der Waals surface area contributed by atoms with E-state index in [9.17, 15) is 14.0 Å². The van der Waals surface area contributed by atoms with E-state index in [2.05, 4.69) is 0 Å². The van der Waals surface area contributed by atoms with Crippen molar-refractivity contribution in [3.05, 3.63) is 87.3 Å². The summed E-state index contributed by atoms with van der Waals surface area (Å²) in [6, 6.07) is 15.0. The molecule has 2 amide bonds. The van der Waals surface area contributed by atoms with Gasteiger partial charge in [-0.15, -0.1) is 0 Å². The SMILES string of the molecule is Cc1cc(/C=C2/SC(=O)N(c3cccc(Cl)c3)C2=O)c(C)n1-c1ccccc1F. The maximum atomic E-state index is 14.3. The van der Waals surface area contributed by atoms with Crippen molar-refractivity contribution in [3.63, 3.8) is 0 Å². The van der Waals surface area contributed by atoms with Crippen molar-refractivity contribution in [1.82, 2.24) is 4.57 Å². The first-order chi connectivity index (χ1) is 13.9. The third-order valence-corrected chi connectivity index (χ3v) is 5.82. The number of aromatic nitrogens is 1. The Morgan fingerprint density at radius 2 is 1.79 bits per heavy atom. The lowest BCUT2D eigenvalue weighted by Crippen LogP contribution is -2.27. The second-order valence-corrected chi connectivity index (χ2v) is 8.04. The Balaban J connectivity index is 1.73. The molecule has 4 rings (SSSR count). The van der Waals surface area contributed by atoms with Crippen molar-refractivity contribution in [1.29, 1.82) is 0 Å². The van der Waals surface area contributed by atoms with Gasteiger partial charge in [0.2, 0.25) is 0 Å². The predicted octanol–water partition coefficient (Wildman–Crippen LogP) is 6.13. The van der Waals surface area contributed by atoms with Crippen LogP contribution in [0.15, 0.2) is 59.5 Å². The van der Waals surface area contributed by atoms with Crippen LogP contribution in [-0.2, 0) is 4.79 Å². The Bertz CT molecular complexity index is 1190. The number of thioether (sulfide) groups is 1. The maximum absolute atomic E-state index is 14.3. The first kappa shape index (κ1) is 19.5. The van der Waals surface area contributed by atoms with E-state index in [4.69, 9.17) is 11.6 Å². The minimum absolute atomic E-state index is 0.309. The van der Waals surface area contributed by atoms with Gasteiger partial charge in [-0.2, -0.15) is 0 Å². The number of hydrogen-bond donors (Lipinski definition) is 0. The summed E-state index contributed by atoms with van der Waals surface area (Å²) in [7, 11) is 0. The van der Waals surface area contributed by atoms with Gasteiger partial charge in [-0.25, -0.2) is 9.29 Å². The van der Waals surface area contributed by atoms with Crippen LogP contribution < -0.4 is 4.90 Å². The summed E-state index contributed by atoms with van der Waals surface area (Å²) in [6.07, 6.45) is 1.68. The molecule has 1 aromatic heterocycles. The molecule has 4 nitrogen and oxygen atoms in total. The monoisotopic (exact) mass is 426 g/mol. The van der Waals surface area contributed by atoms with E-state index in [0.717, 1.165) is 33.6 Å². The number of hydrogen-bond acceptors (Lipinski definition) is 3. The van der Waals surface area contributed by atoms with Crippen molar-refractivity contribution in [3.8, 4) is 5.69 Å². The summed E-state index contributed by atoms with van der Waals surface area (Å²) in [4.78, 5) is 26.7. The molecule has 0 radical (unpaired) electrons. The van der Waals surface area contributed by atoms with Crippen LogP contribution in [0.2, 0.25) is 5.02 Å². The largest absolute Gasteiger partial charge is 0.315 e. The number of imide groups is 1. The standard InChI is InChI=1S/C22H16ClFN2O2S/c1-13-10-15(14(2)25(13)19-9-4-3-8-18(19)24)11-20-21(27)26(22(28)29-20)17-7-5-6-16(23)12-17/h3-12H,1-2H3/b20-11+. The van der Waals surface area contributed by atoms with Gasteiger partial charge in [0.25, 0.3) is 11.1 Å².